The lowest BCUT2D eigenvalue weighted by Crippen LogP contribution is -2.14. The average molecular weight is 628 g/mol. The lowest BCUT2D eigenvalue weighted by molar-refractivity contribution is 0.199. The predicted molar refractivity (Wildman–Crippen MR) is 203 cm³/mol. The Hall–Kier alpha value is -5.38. The number of anilines is 3. The first-order chi connectivity index (χ1) is 23.2. The van der Waals surface area contributed by atoms with E-state index in [4.69, 9.17) is 4.74 Å². The summed E-state index contributed by atoms with van der Waals surface area (Å²) < 4.78 is 6.19. The molecule has 0 heterocycles. The molecule has 0 amide bonds. The second-order valence-corrected chi connectivity index (χ2v) is 13.6. The van der Waals surface area contributed by atoms with Gasteiger partial charge in [-0.3, -0.25) is 0 Å². The number of rotatable bonds is 8. The van der Waals surface area contributed by atoms with E-state index in [0.717, 1.165) is 50.3 Å². The normalized spacial score (nSPS) is 12.1. The van der Waals surface area contributed by atoms with Crippen molar-refractivity contribution in [1.82, 2.24) is 0 Å². The van der Waals surface area contributed by atoms with Gasteiger partial charge in [0.05, 0.1) is 12.4 Å². The summed E-state index contributed by atoms with van der Waals surface area (Å²) in [6.07, 6.45) is 2.08. The number of ether oxygens (including phenoxy) is 1. The molecule has 0 aliphatic rings. The van der Waals surface area contributed by atoms with E-state index in [1.165, 1.54) is 27.1 Å². The smallest absolute Gasteiger partial charge is 0.113 e. The van der Waals surface area contributed by atoms with Gasteiger partial charge in [0.1, 0.15) is 6.61 Å². The highest BCUT2D eigenvalue weighted by Crippen LogP contribution is 2.39. The molecule has 48 heavy (non-hydrogen) atoms. The first kappa shape index (κ1) is 31.2. The number of hydrogen-bond donors (Lipinski definition) is 1. The van der Waals surface area contributed by atoms with Crippen molar-refractivity contribution in [2.45, 2.75) is 46.3 Å². The Kier molecular flexibility index (Phi) is 8.47. The molecular weight excluding hydrogens is 587 g/mol. The standard InChI is InChI=1S/C45H41NO2/c1-31(48-30-40-25-35-12-8-7-11-34(35)24-39(40)29-47)22-32-16-17-38-27-44(21-19-37(38)23-32)46(42-15-9-14-41(28-42)45(2,3)4)43-20-18-33-10-5-6-13-36(33)26-43/h5-28,47H,29-30H2,1-4H3. The molecule has 0 unspecified atom stereocenters. The Morgan fingerprint density at radius 3 is 1.79 bits per heavy atom. The second-order valence-electron chi connectivity index (χ2n) is 13.6. The molecular formula is C45H41NO2. The van der Waals surface area contributed by atoms with E-state index in [-0.39, 0.29) is 12.0 Å². The molecule has 0 aromatic heterocycles. The van der Waals surface area contributed by atoms with E-state index in [1.807, 2.05) is 25.1 Å². The van der Waals surface area contributed by atoms with Gasteiger partial charge >= 0.3 is 0 Å². The zero-order chi connectivity index (χ0) is 33.3. The van der Waals surface area contributed by atoms with E-state index in [2.05, 4.69) is 153 Å². The molecule has 0 fully saturated rings. The minimum Gasteiger partial charge on any atom is -0.494 e. The van der Waals surface area contributed by atoms with Crippen LogP contribution in [0.1, 0.15) is 49.9 Å². The molecule has 0 bridgehead atoms. The largest absolute Gasteiger partial charge is 0.494 e. The Bertz CT molecular complexity index is 2290. The first-order valence-corrected chi connectivity index (χ1v) is 16.6. The highest BCUT2D eigenvalue weighted by molar-refractivity contribution is 5.93. The molecule has 1 N–H and O–H groups in total. The lowest BCUT2D eigenvalue weighted by Gasteiger charge is -2.28. The molecule has 0 saturated carbocycles. The van der Waals surface area contributed by atoms with Crippen LogP contribution in [0, 0.1) is 0 Å². The number of allylic oxidation sites excluding steroid dienone is 1. The SMILES string of the molecule is CC(=Cc1ccc2cc(N(c3cccc(C(C)(C)C)c3)c3ccc4ccccc4c3)ccc2c1)OCc1cc2ccccc2cc1CO. The van der Waals surface area contributed by atoms with E-state index in [0.29, 0.717) is 6.61 Å². The van der Waals surface area contributed by atoms with Crippen molar-refractivity contribution in [3.05, 3.63) is 168 Å². The summed E-state index contributed by atoms with van der Waals surface area (Å²) in [5.41, 5.74) is 7.69. The Labute approximate surface area is 283 Å². The van der Waals surface area contributed by atoms with Crippen LogP contribution in [0.15, 0.2) is 145 Å². The van der Waals surface area contributed by atoms with E-state index in [1.54, 1.807) is 0 Å². The molecule has 3 heteroatoms. The fourth-order valence-electron chi connectivity index (χ4n) is 6.44. The van der Waals surface area contributed by atoms with Gasteiger partial charge in [-0.1, -0.05) is 106 Å². The van der Waals surface area contributed by atoms with Crippen LogP contribution in [0.2, 0.25) is 0 Å². The van der Waals surface area contributed by atoms with Gasteiger partial charge in [-0.05, 0) is 128 Å². The molecule has 0 aliphatic heterocycles. The van der Waals surface area contributed by atoms with Crippen molar-refractivity contribution in [3.63, 3.8) is 0 Å². The topological polar surface area (TPSA) is 32.7 Å². The Balaban J connectivity index is 1.19. The maximum absolute atomic E-state index is 9.98. The van der Waals surface area contributed by atoms with Crippen LogP contribution in [0.25, 0.3) is 38.4 Å². The molecule has 0 aliphatic carbocycles. The van der Waals surface area contributed by atoms with Crippen molar-refractivity contribution in [2.75, 3.05) is 4.90 Å². The zero-order valence-corrected chi connectivity index (χ0v) is 28.1. The summed E-state index contributed by atoms with van der Waals surface area (Å²) in [6, 6.07) is 49.8. The summed E-state index contributed by atoms with van der Waals surface area (Å²) in [7, 11) is 0. The minimum atomic E-state index is -0.0146. The van der Waals surface area contributed by atoms with E-state index < -0.39 is 0 Å². The number of aliphatic hydroxyl groups is 1. The van der Waals surface area contributed by atoms with Gasteiger partial charge in [0.15, 0.2) is 0 Å². The molecule has 7 aromatic carbocycles. The number of fused-ring (bicyclic) bond motifs is 3. The van der Waals surface area contributed by atoms with Gasteiger partial charge in [-0.2, -0.15) is 0 Å². The summed E-state index contributed by atoms with van der Waals surface area (Å²) in [4.78, 5) is 2.36. The van der Waals surface area contributed by atoms with Crippen molar-refractivity contribution in [3.8, 4) is 0 Å². The summed E-state index contributed by atoms with van der Waals surface area (Å²) >= 11 is 0. The van der Waals surface area contributed by atoms with Gasteiger partial charge in [-0.15, -0.1) is 0 Å². The van der Waals surface area contributed by atoms with Crippen molar-refractivity contribution >= 4 is 55.5 Å². The molecule has 7 aromatic rings. The molecule has 0 atom stereocenters. The van der Waals surface area contributed by atoms with Gasteiger partial charge in [0.2, 0.25) is 0 Å². The van der Waals surface area contributed by atoms with Gasteiger partial charge in [0, 0.05) is 17.1 Å². The minimum absolute atomic E-state index is 0.0146. The van der Waals surface area contributed by atoms with Crippen LogP contribution in [0.5, 0.6) is 0 Å². The fraction of sp³-hybridized carbons (Fsp3) is 0.156. The van der Waals surface area contributed by atoms with Gasteiger partial charge < -0.3 is 14.7 Å². The quantitative estimate of drug-likeness (QED) is 0.170. The number of benzene rings is 7. The zero-order valence-electron chi connectivity index (χ0n) is 28.1. The highest BCUT2D eigenvalue weighted by Gasteiger charge is 2.18. The van der Waals surface area contributed by atoms with Crippen LogP contribution in [0.3, 0.4) is 0 Å². The van der Waals surface area contributed by atoms with Crippen LogP contribution < -0.4 is 4.90 Å². The van der Waals surface area contributed by atoms with Crippen LogP contribution >= 0.6 is 0 Å². The van der Waals surface area contributed by atoms with Crippen LogP contribution in [0.4, 0.5) is 17.1 Å². The van der Waals surface area contributed by atoms with Crippen molar-refractivity contribution < 1.29 is 9.84 Å². The average Bonchev–Trinajstić information content (AvgIpc) is 3.10. The maximum atomic E-state index is 9.98. The summed E-state index contributed by atoms with van der Waals surface area (Å²) in [5, 5.41) is 17.0. The van der Waals surface area contributed by atoms with Crippen LogP contribution in [-0.4, -0.2) is 5.11 Å². The van der Waals surface area contributed by atoms with Gasteiger partial charge in [0.25, 0.3) is 0 Å². The number of hydrogen-bond acceptors (Lipinski definition) is 3. The third-order valence-electron chi connectivity index (χ3n) is 9.13. The Morgan fingerprint density at radius 1 is 0.583 bits per heavy atom. The molecule has 7 rings (SSSR count). The van der Waals surface area contributed by atoms with Gasteiger partial charge in [-0.25, -0.2) is 0 Å². The van der Waals surface area contributed by atoms with Crippen LogP contribution in [-0.2, 0) is 23.4 Å². The predicted octanol–water partition coefficient (Wildman–Crippen LogP) is 12.0. The van der Waals surface area contributed by atoms with Crippen molar-refractivity contribution in [1.29, 1.82) is 0 Å². The monoisotopic (exact) mass is 627 g/mol. The molecule has 0 saturated heterocycles. The molecule has 0 spiro atoms. The molecule has 0 radical (unpaired) electrons. The number of nitrogens with zero attached hydrogens (tertiary/aromatic N) is 1. The lowest BCUT2D eigenvalue weighted by atomic mass is 9.87. The van der Waals surface area contributed by atoms with E-state index in [9.17, 15) is 5.11 Å². The third-order valence-corrected chi connectivity index (χ3v) is 9.13. The van der Waals surface area contributed by atoms with Crippen molar-refractivity contribution in [2.24, 2.45) is 0 Å². The molecule has 3 nitrogen and oxygen atoms in total. The second kappa shape index (κ2) is 13.0. The third kappa shape index (κ3) is 6.56. The van der Waals surface area contributed by atoms with E-state index >= 15 is 0 Å². The summed E-state index contributed by atoms with van der Waals surface area (Å²) in [5.74, 6) is 0.823. The first-order valence-electron chi connectivity index (χ1n) is 16.6. The number of aliphatic hydroxyl groups excluding tert-OH is 1. The highest BCUT2D eigenvalue weighted by atomic mass is 16.5. The molecule has 238 valence electrons. The summed E-state index contributed by atoms with van der Waals surface area (Å²) in [6.45, 7) is 9.16. The maximum Gasteiger partial charge on any atom is 0.113 e. The fourth-order valence-corrected chi connectivity index (χ4v) is 6.44. The Morgan fingerprint density at radius 2 is 1.12 bits per heavy atom.